The van der Waals surface area contributed by atoms with Gasteiger partial charge in [0.2, 0.25) is 0 Å². The molecular formula is C58H62N8. The van der Waals surface area contributed by atoms with Crippen LogP contribution in [0.15, 0.2) is 170 Å². The lowest BCUT2D eigenvalue weighted by atomic mass is 9.95. The third-order valence-corrected chi connectivity index (χ3v) is 13.1. The lowest BCUT2D eigenvalue weighted by molar-refractivity contribution is -0.809. The Balaban J connectivity index is 1.23. The summed E-state index contributed by atoms with van der Waals surface area (Å²) in [5.74, 6) is 0.957. The van der Waals surface area contributed by atoms with Crippen LogP contribution >= 0.6 is 0 Å². The molecule has 0 bridgehead atoms. The molecule has 0 aliphatic heterocycles. The predicted molar refractivity (Wildman–Crippen MR) is 273 cm³/mol. The van der Waals surface area contributed by atoms with Gasteiger partial charge in [-0.25, -0.2) is 0 Å². The highest BCUT2D eigenvalue weighted by atomic mass is 15.5. The molecule has 0 N–H and O–H groups in total. The van der Waals surface area contributed by atoms with Gasteiger partial charge >= 0.3 is 0 Å². The number of aromatic nitrogens is 6. The van der Waals surface area contributed by atoms with Crippen molar-refractivity contribution in [3.8, 4) is 22.3 Å². The van der Waals surface area contributed by atoms with Gasteiger partial charge in [0.1, 0.15) is 11.0 Å². The van der Waals surface area contributed by atoms with Gasteiger partial charge in [0.15, 0.2) is 6.54 Å². The van der Waals surface area contributed by atoms with Crippen LogP contribution in [0.1, 0.15) is 79.1 Å². The highest BCUT2D eigenvalue weighted by Crippen LogP contribution is 2.43. The molecule has 0 aliphatic carbocycles. The van der Waals surface area contributed by atoms with Crippen molar-refractivity contribution in [2.45, 2.75) is 92.2 Å². The maximum Gasteiger partial charge on any atom is 0.165 e. The van der Waals surface area contributed by atoms with Crippen molar-refractivity contribution in [3.63, 3.8) is 0 Å². The summed E-state index contributed by atoms with van der Waals surface area (Å²) in [5.41, 5.74) is 13.9. The van der Waals surface area contributed by atoms with E-state index in [0.717, 1.165) is 117 Å². The molecule has 2 aromatic heterocycles. The van der Waals surface area contributed by atoms with Crippen LogP contribution in [-0.2, 0) is 13.1 Å². The van der Waals surface area contributed by atoms with Gasteiger partial charge in [-0.3, -0.25) is 0 Å². The predicted octanol–water partition coefficient (Wildman–Crippen LogP) is 14.9. The number of anilines is 6. The number of hydrogen-bond donors (Lipinski definition) is 0. The molecule has 9 rings (SSSR count). The Morgan fingerprint density at radius 1 is 0.470 bits per heavy atom. The summed E-state index contributed by atoms with van der Waals surface area (Å²) >= 11 is 0. The number of unbranched alkanes of at least 4 members (excludes halogenated alkanes) is 2. The molecular weight excluding hydrogens is 809 g/mol. The van der Waals surface area contributed by atoms with Crippen LogP contribution in [0.4, 0.5) is 34.1 Å². The molecule has 0 saturated heterocycles. The van der Waals surface area contributed by atoms with Crippen molar-refractivity contribution in [2.24, 2.45) is 11.8 Å². The summed E-state index contributed by atoms with van der Waals surface area (Å²) in [6, 6.07) is 60.0. The van der Waals surface area contributed by atoms with Crippen molar-refractivity contribution in [1.82, 2.24) is 25.2 Å². The van der Waals surface area contributed by atoms with Gasteiger partial charge in [-0.2, -0.15) is 30.0 Å². The zero-order valence-corrected chi connectivity index (χ0v) is 39.0. The summed E-state index contributed by atoms with van der Waals surface area (Å²) in [6.45, 7) is 10.6. The fraction of sp³-hybridized carbons (Fsp3) is 0.276. The minimum atomic E-state index is 0.479. The Hall–Kier alpha value is -7.06. The number of benzene rings is 7. The fourth-order valence-corrected chi connectivity index (χ4v) is 9.36. The van der Waals surface area contributed by atoms with Crippen LogP contribution in [0.25, 0.3) is 44.3 Å². The van der Waals surface area contributed by atoms with Crippen LogP contribution in [0.3, 0.4) is 0 Å². The van der Waals surface area contributed by atoms with E-state index in [1.165, 1.54) is 25.7 Å². The summed E-state index contributed by atoms with van der Waals surface area (Å²) in [4.78, 5) is 8.53. The maximum atomic E-state index is 5.44. The number of hydrogen-bond acceptors (Lipinski definition) is 5. The van der Waals surface area contributed by atoms with E-state index in [4.69, 9.17) is 20.4 Å². The van der Waals surface area contributed by atoms with Crippen LogP contribution in [-0.4, -0.2) is 20.1 Å². The normalized spacial score (nSPS) is 12.4. The van der Waals surface area contributed by atoms with Crippen molar-refractivity contribution >= 4 is 56.2 Å². The zero-order valence-electron chi connectivity index (χ0n) is 39.0. The summed E-state index contributed by atoms with van der Waals surface area (Å²) < 4.78 is 0. The quantitative estimate of drug-likeness (QED) is 0.0711. The molecule has 9 aromatic rings. The number of rotatable bonds is 20. The van der Waals surface area contributed by atoms with Gasteiger partial charge in [-0.1, -0.05) is 157 Å². The summed E-state index contributed by atoms with van der Waals surface area (Å²) in [6.07, 6.45) is 9.19. The van der Waals surface area contributed by atoms with Gasteiger partial charge in [-0.15, -0.1) is 0 Å². The molecule has 0 aliphatic rings. The third-order valence-electron chi connectivity index (χ3n) is 13.1. The van der Waals surface area contributed by atoms with E-state index in [-0.39, 0.29) is 0 Å². The Kier molecular flexibility index (Phi) is 13.9. The van der Waals surface area contributed by atoms with Gasteiger partial charge < -0.3 is 9.80 Å². The first-order valence-electron chi connectivity index (χ1n) is 24.2. The molecule has 2 atom stereocenters. The Labute approximate surface area is 390 Å². The topological polar surface area (TPSA) is 68.1 Å². The Morgan fingerprint density at radius 2 is 0.864 bits per heavy atom. The molecule has 7 aromatic carbocycles. The fourth-order valence-electron chi connectivity index (χ4n) is 9.36. The van der Waals surface area contributed by atoms with Gasteiger partial charge in [0.25, 0.3) is 0 Å². The first kappa shape index (κ1) is 44.2. The smallest absolute Gasteiger partial charge is 0.165 e. The first-order valence-corrected chi connectivity index (χ1v) is 24.2. The van der Waals surface area contributed by atoms with Crippen molar-refractivity contribution in [2.75, 3.05) is 9.80 Å². The zero-order chi connectivity index (χ0) is 45.2. The molecule has 8 heteroatoms. The molecule has 0 spiro atoms. The lowest BCUT2D eigenvalue weighted by Crippen LogP contribution is -2.43. The average molecular weight is 871 g/mol. The number of fused-ring (bicyclic) bond motifs is 2. The van der Waals surface area contributed by atoms with E-state index >= 15 is 0 Å². The summed E-state index contributed by atoms with van der Waals surface area (Å²) in [5, 5.41) is 21.7. The average Bonchev–Trinajstić information content (AvgIpc) is 3.99. The molecule has 2 heterocycles. The maximum absolute atomic E-state index is 5.44. The lowest BCUT2D eigenvalue weighted by Gasteiger charge is -2.25. The van der Waals surface area contributed by atoms with Gasteiger partial charge in [-0.05, 0) is 109 Å². The van der Waals surface area contributed by atoms with E-state index in [1.807, 2.05) is 9.59 Å². The Bertz CT molecular complexity index is 2580. The largest absolute Gasteiger partial charge is 0.311 e. The van der Waals surface area contributed by atoms with Crippen LogP contribution in [0.5, 0.6) is 0 Å². The van der Waals surface area contributed by atoms with E-state index in [1.54, 1.807) is 0 Å². The molecule has 66 heavy (non-hydrogen) atoms. The minimum Gasteiger partial charge on any atom is -0.311 e. The van der Waals surface area contributed by atoms with E-state index in [9.17, 15) is 0 Å². The van der Waals surface area contributed by atoms with Gasteiger partial charge in [0, 0.05) is 62.2 Å². The second kappa shape index (κ2) is 20.8. The van der Waals surface area contributed by atoms with E-state index in [0.29, 0.717) is 11.8 Å². The molecule has 0 saturated carbocycles. The molecule has 2 unspecified atom stereocenters. The SMILES string of the molecule is CCCCC(CC)Cn1nc2c(-c3ccc(N(c4ccccc4)c4ccccc4)cc3)c3n[n+](CC(CC)CCCC)[n-]c3c(-c3ccc(N(c4ccccc4)c4ccccc4)cc3)c2n1. The van der Waals surface area contributed by atoms with Crippen LogP contribution in [0, 0.1) is 11.8 Å². The summed E-state index contributed by atoms with van der Waals surface area (Å²) in [7, 11) is 0. The minimum absolute atomic E-state index is 0.479. The van der Waals surface area contributed by atoms with E-state index < -0.39 is 0 Å². The van der Waals surface area contributed by atoms with Crippen molar-refractivity contribution in [3.05, 3.63) is 170 Å². The van der Waals surface area contributed by atoms with Crippen molar-refractivity contribution < 1.29 is 4.80 Å². The monoisotopic (exact) mass is 871 g/mol. The first-order chi connectivity index (χ1) is 32.6. The van der Waals surface area contributed by atoms with Gasteiger partial charge in [0.05, 0.1) is 6.54 Å². The molecule has 8 nitrogen and oxygen atoms in total. The molecule has 0 radical (unpaired) electrons. The molecule has 0 amide bonds. The molecule has 334 valence electrons. The second-order valence-corrected chi connectivity index (χ2v) is 17.6. The highest BCUT2D eigenvalue weighted by Gasteiger charge is 2.25. The standard InChI is InChI=1S/C58H62N8/c1-5-9-23-43(7-3)41-63-59-55-53(45-33-37-51(38-34-45)65(47-25-15-11-16-26-47)48-27-17-12-18-28-48)57-58(62-64(61-57)42-44(8-4)24-10-6-2)54(56(55)60-63)46-35-39-52(40-36-46)66(49-29-19-13-20-30-49)50-31-21-14-22-32-50/h11-22,25-40,43-44H,5-10,23-24,41-42H2,1-4H3. The third kappa shape index (κ3) is 9.50. The number of nitrogens with zero attached hydrogens (tertiary/aromatic N) is 8. The highest BCUT2D eigenvalue weighted by molar-refractivity contribution is 6.16. The van der Waals surface area contributed by atoms with Crippen LogP contribution in [0.2, 0.25) is 0 Å². The van der Waals surface area contributed by atoms with E-state index in [2.05, 4.69) is 207 Å². The molecule has 0 fully saturated rings. The van der Waals surface area contributed by atoms with Crippen molar-refractivity contribution in [1.29, 1.82) is 0 Å². The van der Waals surface area contributed by atoms with Crippen LogP contribution < -0.4 is 19.7 Å². The Morgan fingerprint density at radius 3 is 1.29 bits per heavy atom. The number of para-hydroxylation sites is 4. The second-order valence-electron chi connectivity index (χ2n) is 17.6.